The quantitative estimate of drug-likeness (QED) is 0.658. The number of halogens is 2. The Balaban J connectivity index is 1.78. The number of hydrogen-bond donors (Lipinski definition) is 0. The van der Waals surface area contributed by atoms with Crippen LogP contribution in [-0.4, -0.2) is 36.3 Å². The summed E-state index contributed by atoms with van der Waals surface area (Å²) in [6.07, 6.45) is 4.66. The molecule has 2 heterocycles. The highest BCUT2D eigenvalue weighted by Gasteiger charge is 2.11. The monoisotopic (exact) mass is 350 g/mol. The van der Waals surface area contributed by atoms with Crippen LogP contribution in [0.15, 0.2) is 36.9 Å². The summed E-state index contributed by atoms with van der Waals surface area (Å²) in [6.45, 7) is 2.42. The van der Waals surface area contributed by atoms with Crippen LogP contribution in [0.25, 0.3) is 11.1 Å². The van der Waals surface area contributed by atoms with Gasteiger partial charge in [0.1, 0.15) is 18.2 Å². The predicted molar refractivity (Wildman–Crippen MR) is 85.4 cm³/mol. The first-order chi connectivity index (χ1) is 11.1. The molecular formula is C14H12Cl2N6O. The third-order valence-corrected chi connectivity index (χ3v) is 3.56. The summed E-state index contributed by atoms with van der Waals surface area (Å²) < 4.78 is 7.48. The van der Waals surface area contributed by atoms with Crippen LogP contribution in [0.4, 0.5) is 0 Å². The van der Waals surface area contributed by atoms with E-state index >= 15 is 0 Å². The van der Waals surface area contributed by atoms with Gasteiger partial charge in [0.2, 0.25) is 5.28 Å². The highest BCUT2D eigenvalue weighted by molar-refractivity contribution is 6.32. The van der Waals surface area contributed by atoms with Crippen LogP contribution >= 0.6 is 23.2 Å². The second-order valence-electron chi connectivity index (χ2n) is 4.85. The van der Waals surface area contributed by atoms with Gasteiger partial charge in [0.25, 0.3) is 0 Å². The van der Waals surface area contributed by atoms with E-state index in [9.17, 15) is 0 Å². The Kier molecular flexibility index (Phi) is 4.68. The fourth-order valence-corrected chi connectivity index (χ4v) is 2.28. The zero-order valence-electron chi connectivity index (χ0n) is 12.1. The Morgan fingerprint density at radius 3 is 2.65 bits per heavy atom. The zero-order valence-corrected chi connectivity index (χ0v) is 13.6. The first kappa shape index (κ1) is 15.6. The van der Waals surface area contributed by atoms with Gasteiger partial charge in [-0.2, -0.15) is 0 Å². The maximum absolute atomic E-state index is 6.21. The molecule has 23 heavy (non-hydrogen) atoms. The summed E-state index contributed by atoms with van der Waals surface area (Å²) in [4.78, 5) is 7.95. The number of aromatic nitrogens is 6. The molecule has 1 atom stereocenters. The molecule has 0 amide bonds. The van der Waals surface area contributed by atoms with E-state index in [1.54, 1.807) is 23.1 Å². The molecule has 0 saturated heterocycles. The van der Waals surface area contributed by atoms with E-state index in [0.717, 1.165) is 11.1 Å². The molecule has 7 nitrogen and oxygen atoms in total. The molecule has 0 aliphatic rings. The topological polar surface area (TPSA) is 78.6 Å². The summed E-state index contributed by atoms with van der Waals surface area (Å²) in [7, 11) is 0. The van der Waals surface area contributed by atoms with E-state index in [0.29, 0.717) is 17.3 Å². The molecule has 0 aliphatic heterocycles. The summed E-state index contributed by atoms with van der Waals surface area (Å²) in [5.74, 6) is 0.569. The number of hydrogen-bond acceptors (Lipinski definition) is 6. The van der Waals surface area contributed by atoms with E-state index in [1.807, 2.05) is 19.1 Å². The minimum atomic E-state index is -0.160. The zero-order chi connectivity index (χ0) is 16.2. The maximum Gasteiger partial charge on any atom is 0.222 e. The summed E-state index contributed by atoms with van der Waals surface area (Å²) in [5, 5.41) is 11.7. The molecule has 0 spiro atoms. The second kappa shape index (κ2) is 6.89. The van der Waals surface area contributed by atoms with Crippen molar-refractivity contribution >= 4 is 23.2 Å². The highest BCUT2D eigenvalue weighted by Crippen LogP contribution is 2.31. The van der Waals surface area contributed by atoms with E-state index < -0.39 is 0 Å². The lowest BCUT2D eigenvalue weighted by Gasteiger charge is -2.16. The predicted octanol–water partition coefficient (Wildman–Crippen LogP) is 2.90. The van der Waals surface area contributed by atoms with Gasteiger partial charge in [0.05, 0.1) is 11.6 Å². The summed E-state index contributed by atoms with van der Waals surface area (Å²) in [6, 6.07) is 5.48. The molecule has 0 bridgehead atoms. The van der Waals surface area contributed by atoms with E-state index in [4.69, 9.17) is 27.9 Å². The normalized spacial score (nSPS) is 12.1. The number of rotatable bonds is 5. The third-order valence-electron chi connectivity index (χ3n) is 3.05. The van der Waals surface area contributed by atoms with Gasteiger partial charge in [-0.05, 0) is 46.6 Å². The van der Waals surface area contributed by atoms with Gasteiger partial charge in [0.15, 0.2) is 0 Å². The van der Waals surface area contributed by atoms with Crippen molar-refractivity contribution in [2.24, 2.45) is 0 Å². The fraction of sp³-hybridized carbons (Fsp3) is 0.214. The maximum atomic E-state index is 6.21. The average molecular weight is 351 g/mol. The van der Waals surface area contributed by atoms with E-state index in [2.05, 4.69) is 25.5 Å². The van der Waals surface area contributed by atoms with Gasteiger partial charge in [-0.15, -0.1) is 5.10 Å². The van der Waals surface area contributed by atoms with E-state index in [-0.39, 0.29) is 11.4 Å². The van der Waals surface area contributed by atoms with Crippen LogP contribution in [0.5, 0.6) is 5.75 Å². The molecule has 118 valence electrons. The summed E-state index contributed by atoms with van der Waals surface area (Å²) >= 11 is 11.9. The number of ether oxygens (including phenoxy) is 1. The van der Waals surface area contributed by atoms with E-state index in [1.165, 1.54) is 6.33 Å². The standard InChI is InChI=1S/C14H12Cl2N6O/c1-9(7-22-8-19-20-21-22)23-13-4-10(2-3-12(13)15)11-5-17-14(16)18-6-11/h2-6,8-9H,7H2,1H3. The molecular weight excluding hydrogens is 339 g/mol. The molecule has 9 heteroatoms. The third kappa shape index (κ3) is 3.94. The molecule has 0 radical (unpaired) electrons. The lowest BCUT2D eigenvalue weighted by Crippen LogP contribution is -2.20. The molecule has 3 rings (SSSR count). The van der Waals surface area contributed by atoms with Crippen LogP contribution in [-0.2, 0) is 6.54 Å². The van der Waals surface area contributed by atoms with Crippen LogP contribution in [0, 0.1) is 0 Å². The molecule has 0 aliphatic carbocycles. The number of tetrazole rings is 1. The van der Waals surface area contributed by atoms with Crippen LogP contribution < -0.4 is 4.74 Å². The van der Waals surface area contributed by atoms with Gasteiger partial charge >= 0.3 is 0 Å². The van der Waals surface area contributed by atoms with Gasteiger partial charge < -0.3 is 4.74 Å². The molecule has 2 aromatic heterocycles. The van der Waals surface area contributed by atoms with Gasteiger partial charge in [-0.1, -0.05) is 17.7 Å². The number of nitrogens with zero attached hydrogens (tertiary/aromatic N) is 6. The lowest BCUT2D eigenvalue weighted by atomic mass is 10.1. The molecule has 0 N–H and O–H groups in total. The lowest BCUT2D eigenvalue weighted by molar-refractivity contribution is 0.193. The van der Waals surface area contributed by atoms with Crippen molar-refractivity contribution in [1.29, 1.82) is 0 Å². The van der Waals surface area contributed by atoms with Gasteiger partial charge in [-0.25, -0.2) is 14.6 Å². The molecule has 1 unspecified atom stereocenters. The smallest absolute Gasteiger partial charge is 0.222 e. The Bertz CT molecular complexity index is 778. The Morgan fingerprint density at radius 2 is 1.96 bits per heavy atom. The number of benzene rings is 1. The van der Waals surface area contributed by atoms with Crippen molar-refractivity contribution < 1.29 is 4.74 Å². The minimum Gasteiger partial charge on any atom is -0.487 e. The van der Waals surface area contributed by atoms with Crippen molar-refractivity contribution in [3.8, 4) is 16.9 Å². The van der Waals surface area contributed by atoms with Crippen molar-refractivity contribution in [1.82, 2.24) is 30.2 Å². The molecule has 1 aromatic carbocycles. The second-order valence-corrected chi connectivity index (χ2v) is 5.59. The highest BCUT2D eigenvalue weighted by atomic mass is 35.5. The molecule has 0 fully saturated rings. The Labute approximate surface area is 142 Å². The SMILES string of the molecule is CC(Cn1cnnn1)Oc1cc(-c2cnc(Cl)nc2)ccc1Cl. The van der Waals surface area contributed by atoms with Gasteiger partial charge in [0, 0.05) is 18.0 Å². The summed E-state index contributed by atoms with van der Waals surface area (Å²) in [5.41, 5.74) is 1.71. The van der Waals surface area contributed by atoms with Crippen LogP contribution in [0.3, 0.4) is 0 Å². The Hall–Kier alpha value is -2.25. The van der Waals surface area contributed by atoms with Gasteiger partial charge in [-0.3, -0.25) is 0 Å². The fourth-order valence-electron chi connectivity index (χ4n) is 2.02. The van der Waals surface area contributed by atoms with Crippen LogP contribution in [0.2, 0.25) is 10.3 Å². The molecule has 0 saturated carbocycles. The van der Waals surface area contributed by atoms with Crippen molar-refractivity contribution in [2.45, 2.75) is 19.6 Å². The largest absolute Gasteiger partial charge is 0.487 e. The first-order valence-corrected chi connectivity index (χ1v) is 7.52. The van der Waals surface area contributed by atoms with Crippen molar-refractivity contribution in [2.75, 3.05) is 0 Å². The average Bonchev–Trinajstić information content (AvgIpc) is 3.03. The van der Waals surface area contributed by atoms with Crippen molar-refractivity contribution in [3.63, 3.8) is 0 Å². The molecule has 3 aromatic rings. The van der Waals surface area contributed by atoms with Crippen LogP contribution in [0.1, 0.15) is 6.92 Å². The Morgan fingerprint density at radius 1 is 1.17 bits per heavy atom. The van der Waals surface area contributed by atoms with Crippen molar-refractivity contribution in [3.05, 3.63) is 47.2 Å². The minimum absolute atomic E-state index is 0.160. The first-order valence-electron chi connectivity index (χ1n) is 6.77.